The standard InChI is InChI=1S/C21H22O8/c1-11(22)28-21-17(23)13-7-9-15(25-3)20(27-5)19(13)29-18(21)12-6-8-14(24-2)16(10-12)26-4/h6-10,18,21H,1-5H3/t18-,21+/m0/s1. The average molecular weight is 402 g/mol. The summed E-state index contributed by atoms with van der Waals surface area (Å²) in [5.41, 5.74) is 0.809. The lowest BCUT2D eigenvalue weighted by molar-refractivity contribution is -0.148. The zero-order valence-corrected chi connectivity index (χ0v) is 16.8. The number of esters is 1. The molecule has 0 saturated heterocycles. The number of methoxy groups -OCH3 is 4. The molecule has 0 radical (unpaired) electrons. The highest BCUT2D eigenvalue weighted by Gasteiger charge is 2.43. The highest BCUT2D eigenvalue weighted by atomic mass is 16.6. The second-order valence-corrected chi connectivity index (χ2v) is 6.22. The van der Waals surface area contributed by atoms with Gasteiger partial charge in [-0.05, 0) is 24.3 Å². The second kappa shape index (κ2) is 8.30. The molecule has 3 rings (SSSR count). The quantitative estimate of drug-likeness (QED) is 0.682. The molecule has 1 heterocycles. The van der Waals surface area contributed by atoms with Crippen molar-refractivity contribution in [3.63, 3.8) is 0 Å². The minimum absolute atomic E-state index is 0.222. The predicted octanol–water partition coefficient (Wildman–Crippen LogP) is 2.97. The zero-order chi connectivity index (χ0) is 21.1. The van der Waals surface area contributed by atoms with Crippen LogP contribution >= 0.6 is 0 Å². The van der Waals surface area contributed by atoms with Crippen LogP contribution in [-0.2, 0) is 9.53 Å². The SMILES string of the molecule is COc1ccc([C@@H]2Oc3c(ccc(OC)c3OC)C(=O)[C@H]2OC(C)=O)cc1OC. The van der Waals surface area contributed by atoms with E-state index in [2.05, 4.69) is 0 Å². The van der Waals surface area contributed by atoms with Gasteiger partial charge in [0.25, 0.3) is 0 Å². The van der Waals surface area contributed by atoms with Gasteiger partial charge < -0.3 is 28.4 Å². The molecule has 0 unspecified atom stereocenters. The van der Waals surface area contributed by atoms with Crippen LogP contribution in [0, 0.1) is 0 Å². The Hall–Kier alpha value is -3.42. The molecule has 2 aromatic rings. The van der Waals surface area contributed by atoms with Gasteiger partial charge in [0, 0.05) is 12.5 Å². The number of hydrogen-bond acceptors (Lipinski definition) is 8. The molecule has 1 aliphatic rings. The molecular formula is C21H22O8. The summed E-state index contributed by atoms with van der Waals surface area (Å²) in [6.45, 7) is 1.24. The van der Waals surface area contributed by atoms with Crippen molar-refractivity contribution in [2.45, 2.75) is 19.1 Å². The van der Waals surface area contributed by atoms with Crippen LogP contribution in [0.4, 0.5) is 0 Å². The number of fused-ring (bicyclic) bond motifs is 1. The number of hydrogen-bond donors (Lipinski definition) is 0. The summed E-state index contributed by atoms with van der Waals surface area (Å²) in [4.78, 5) is 24.8. The van der Waals surface area contributed by atoms with E-state index in [1.54, 1.807) is 30.3 Å². The van der Waals surface area contributed by atoms with Crippen LogP contribution in [0.25, 0.3) is 0 Å². The van der Waals surface area contributed by atoms with E-state index in [0.29, 0.717) is 22.8 Å². The van der Waals surface area contributed by atoms with Gasteiger partial charge in [0.2, 0.25) is 17.6 Å². The zero-order valence-electron chi connectivity index (χ0n) is 16.8. The molecule has 154 valence electrons. The number of Topliss-reactive ketones (excluding diaryl/α,β-unsaturated/α-hetero) is 1. The summed E-state index contributed by atoms with van der Waals surface area (Å²) >= 11 is 0. The largest absolute Gasteiger partial charge is 0.493 e. The van der Waals surface area contributed by atoms with Crippen LogP contribution in [0.1, 0.15) is 28.9 Å². The second-order valence-electron chi connectivity index (χ2n) is 6.22. The summed E-state index contributed by atoms with van der Waals surface area (Å²) in [7, 11) is 5.96. The Morgan fingerprint density at radius 2 is 1.55 bits per heavy atom. The van der Waals surface area contributed by atoms with E-state index < -0.39 is 24.0 Å². The van der Waals surface area contributed by atoms with Crippen molar-refractivity contribution in [2.24, 2.45) is 0 Å². The Kier molecular flexibility index (Phi) is 5.81. The Morgan fingerprint density at radius 3 is 2.14 bits per heavy atom. The van der Waals surface area contributed by atoms with E-state index in [1.807, 2.05) is 0 Å². The molecule has 1 aliphatic heterocycles. The van der Waals surface area contributed by atoms with Gasteiger partial charge in [-0.3, -0.25) is 9.59 Å². The predicted molar refractivity (Wildman–Crippen MR) is 102 cm³/mol. The molecule has 29 heavy (non-hydrogen) atoms. The molecule has 0 amide bonds. The number of ketones is 1. The number of rotatable bonds is 6. The minimum atomic E-state index is -1.17. The molecule has 0 bridgehead atoms. The third-order valence-electron chi connectivity index (χ3n) is 4.57. The molecule has 0 saturated carbocycles. The first-order valence-electron chi connectivity index (χ1n) is 8.80. The van der Waals surface area contributed by atoms with Crippen LogP contribution in [0.15, 0.2) is 30.3 Å². The number of carbonyl (C=O) groups is 2. The van der Waals surface area contributed by atoms with Crippen LogP contribution < -0.4 is 23.7 Å². The maximum atomic E-state index is 13.2. The molecule has 0 fully saturated rings. The van der Waals surface area contributed by atoms with Gasteiger partial charge in [-0.25, -0.2) is 0 Å². The Balaban J connectivity index is 2.15. The summed E-state index contributed by atoms with van der Waals surface area (Å²) in [5, 5.41) is 0. The molecule has 0 N–H and O–H groups in total. The van der Waals surface area contributed by atoms with Crippen LogP contribution in [0.2, 0.25) is 0 Å². The van der Waals surface area contributed by atoms with Crippen molar-refractivity contribution in [3.05, 3.63) is 41.5 Å². The van der Waals surface area contributed by atoms with Gasteiger partial charge in [-0.15, -0.1) is 0 Å². The Morgan fingerprint density at radius 1 is 0.897 bits per heavy atom. The Labute approximate surface area is 168 Å². The Bertz CT molecular complexity index is 937. The lowest BCUT2D eigenvalue weighted by Crippen LogP contribution is -2.39. The number of carbonyl (C=O) groups excluding carboxylic acids is 2. The lowest BCUT2D eigenvalue weighted by Gasteiger charge is -2.33. The molecule has 0 aromatic heterocycles. The van der Waals surface area contributed by atoms with Crippen molar-refractivity contribution < 1.29 is 38.0 Å². The summed E-state index contributed by atoms with van der Waals surface area (Å²) < 4.78 is 32.8. The van der Waals surface area contributed by atoms with E-state index >= 15 is 0 Å². The van der Waals surface area contributed by atoms with E-state index in [1.165, 1.54) is 35.4 Å². The number of benzene rings is 2. The van der Waals surface area contributed by atoms with Crippen molar-refractivity contribution in [1.29, 1.82) is 0 Å². The molecular weight excluding hydrogens is 380 g/mol. The first-order chi connectivity index (χ1) is 13.9. The van der Waals surface area contributed by atoms with Gasteiger partial charge in [-0.2, -0.15) is 0 Å². The van der Waals surface area contributed by atoms with E-state index in [4.69, 9.17) is 28.4 Å². The minimum Gasteiger partial charge on any atom is -0.493 e. The van der Waals surface area contributed by atoms with E-state index in [9.17, 15) is 9.59 Å². The summed E-state index contributed by atoms with van der Waals surface area (Å²) in [5.74, 6) is 0.887. The summed E-state index contributed by atoms with van der Waals surface area (Å²) in [6.07, 6.45) is -2.09. The maximum Gasteiger partial charge on any atom is 0.303 e. The van der Waals surface area contributed by atoms with Crippen molar-refractivity contribution in [2.75, 3.05) is 28.4 Å². The highest BCUT2D eigenvalue weighted by Crippen LogP contribution is 2.47. The highest BCUT2D eigenvalue weighted by molar-refractivity contribution is 6.05. The fourth-order valence-electron chi connectivity index (χ4n) is 3.26. The van der Waals surface area contributed by atoms with Gasteiger partial charge in [-0.1, -0.05) is 6.07 Å². The van der Waals surface area contributed by atoms with Crippen molar-refractivity contribution in [3.8, 4) is 28.7 Å². The third kappa shape index (κ3) is 3.65. The molecule has 0 aliphatic carbocycles. The molecule has 8 heteroatoms. The van der Waals surface area contributed by atoms with Gasteiger partial charge >= 0.3 is 5.97 Å². The van der Waals surface area contributed by atoms with Gasteiger partial charge in [0.1, 0.15) is 0 Å². The normalized spacial score (nSPS) is 17.6. The van der Waals surface area contributed by atoms with Crippen molar-refractivity contribution >= 4 is 11.8 Å². The van der Waals surface area contributed by atoms with Crippen LogP contribution in [0.5, 0.6) is 28.7 Å². The van der Waals surface area contributed by atoms with Gasteiger partial charge in [0.15, 0.2) is 29.1 Å². The third-order valence-corrected chi connectivity index (χ3v) is 4.57. The summed E-state index contributed by atoms with van der Waals surface area (Å²) in [6, 6.07) is 8.23. The van der Waals surface area contributed by atoms with Crippen LogP contribution in [-0.4, -0.2) is 46.3 Å². The number of ether oxygens (including phenoxy) is 6. The fraction of sp³-hybridized carbons (Fsp3) is 0.333. The topological polar surface area (TPSA) is 89.5 Å². The molecule has 8 nitrogen and oxygen atoms in total. The maximum absolute atomic E-state index is 13.2. The average Bonchev–Trinajstić information content (AvgIpc) is 2.73. The monoisotopic (exact) mass is 402 g/mol. The first kappa shape index (κ1) is 20.3. The molecule has 2 atom stereocenters. The van der Waals surface area contributed by atoms with Crippen molar-refractivity contribution in [1.82, 2.24) is 0 Å². The smallest absolute Gasteiger partial charge is 0.303 e. The molecule has 0 spiro atoms. The van der Waals surface area contributed by atoms with Crippen LogP contribution in [0.3, 0.4) is 0 Å². The van der Waals surface area contributed by atoms with E-state index in [0.717, 1.165) is 0 Å². The van der Waals surface area contributed by atoms with E-state index in [-0.39, 0.29) is 17.1 Å². The fourth-order valence-corrected chi connectivity index (χ4v) is 3.26. The molecule has 2 aromatic carbocycles. The van der Waals surface area contributed by atoms with Gasteiger partial charge in [0.05, 0.1) is 34.0 Å². The first-order valence-corrected chi connectivity index (χ1v) is 8.80. The lowest BCUT2D eigenvalue weighted by atomic mass is 9.92.